The van der Waals surface area contributed by atoms with E-state index in [1.807, 2.05) is 13.8 Å². The van der Waals surface area contributed by atoms with Gasteiger partial charge in [0.1, 0.15) is 18.0 Å². The molecule has 1 aromatic carbocycles. The maximum Gasteiger partial charge on any atom is 0.408 e. The number of nitrogens with zero attached hydrogens (tertiary/aromatic N) is 1. The van der Waals surface area contributed by atoms with E-state index in [-0.39, 0.29) is 23.3 Å². The number of amidine groups is 1. The number of oxime groups is 1. The molecule has 0 heterocycles. The molecule has 9 nitrogen and oxygen atoms in total. The van der Waals surface area contributed by atoms with Gasteiger partial charge in [-0.1, -0.05) is 19.0 Å². The highest BCUT2D eigenvalue weighted by Crippen LogP contribution is 2.16. The van der Waals surface area contributed by atoms with Gasteiger partial charge in [0.25, 0.3) is 0 Å². The molecule has 0 radical (unpaired) electrons. The van der Waals surface area contributed by atoms with Gasteiger partial charge in [-0.15, -0.1) is 0 Å². The third-order valence-electron chi connectivity index (χ3n) is 3.83. The van der Waals surface area contributed by atoms with Gasteiger partial charge in [-0.05, 0) is 57.4 Å². The Morgan fingerprint density at radius 1 is 1.16 bits per heavy atom. The normalized spacial score (nSPS) is 13.6. The highest BCUT2D eigenvalue weighted by atomic mass is 32.2. The zero-order valence-electron chi connectivity index (χ0n) is 19.2. The molecule has 31 heavy (non-hydrogen) atoms. The SMILES string of the molecule is CC(C)CC(NC(=O)OC(C)(C)C)/C(N)=N/OCCCOc1ccc(S(C)(=O)=O)cc1. The molecule has 0 aliphatic carbocycles. The number of amides is 1. The second-order valence-electron chi connectivity index (χ2n) is 8.62. The summed E-state index contributed by atoms with van der Waals surface area (Å²) in [5.74, 6) is 1.00. The average Bonchev–Trinajstić information content (AvgIpc) is 2.61. The summed E-state index contributed by atoms with van der Waals surface area (Å²) in [5, 5.41) is 6.64. The van der Waals surface area contributed by atoms with Crippen molar-refractivity contribution < 1.29 is 27.5 Å². The van der Waals surface area contributed by atoms with Crippen molar-refractivity contribution in [2.45, 2.75) is 64.0 Å². The van der Waals surface area contributed by atoms with Gasteiger partial charge in [-0.25, -0.2) is 13.2 Å². The number of nitrogens with two attached hydrogens (primary N) is 1. The van der Waals surface area contributed by atoms with Crippen molar-refractivity contribution in [3.05, 3.63) is 24.3 Å². The molecule has 0 bridgehead atoms. The van der Waals surface area contributed by atoms with Gasteiger partial charge >= 0.3 is 6.09 Å². The highest BCUT2D eigenvalue weighted by Gasteiger charge is 2.22. The maximum atomic E-state index is 12.0. The first-order chi connectivity index (χ1) is 14.3. The summed E-state index contributed by atoms with van der Waals surface area (Å²) in [7, 11) is -3.23. The van der Waals surface area contributed by atoms with E-state index in [0.29, 0.717) is 25.2 Å². The van der Waals surface area contributed by atoms with Crippen molar-refractivity contribution >= 4 is 21.8 Å². The molecule has 0 aliphatic heterocycles. The van der Waals surface area contributed by atoms with Crippen LogP contribution in [-0.4, -0.2) is 51.5 Å². The molecule has 0 fully saturated rings. The second-order valence-corrected chi connectivity index (χ2v) is 10.6. The van der Waals surface area contributed by atoms with Crippen LogP contribution in [-0.2, 0) is 19.4 Å². The average molecular weight is 458 g/mol. The molecule has 176 valence electrons. The summed E-state index contributed by atoms with van der Waals surface area (Å²) >= 11 is 0. The number of carbonyl (C=O) groups excluding carboxylic acids is 1. The number of carbonyl (C=O) groups is 1. The van der Waals surface area contributed by atoms with Crippen molar-refractivity contribution in [1.29, 1.82) is 0 Å². The van der Waals surface area contributed by atoms with Crippen molar-refractivity contribution in [3.63, 3.8) is 0 Å². The predicted octanol–water partition coefficient (Wildman–Crippen LogP) is 3.09. The van der Waals surface area contributed by atoms with Crippen LogP contribution in [0, 0.1) is 5.92 Å². The third-order valence-corrected chi connectivity index (χ3v) is 4.95. The summed E-state index contributed by atoms with van der Waals surface area (Å²) in [5.41, 5.74) is 5.40. The van der Waals surface area contributed by atoms with Crippen molar-refractivity contribution in [2.24, 2.45) is 16.8 Å². The van der Waals surface area contributed by atoms with Gasteiger partial charge in [-0.2, -0.15) is 0 Å². The van der Waals surface area contributed by atoms with Crippen LogP contribution < -0.4 is 15.8 Å². The van der Waals surface area contributed by atoms with Crippen LogP contribution in [0.4, 0.5) is 4.79 Å². The van der Waals surface area contributed by atoms with Crippen molar-refractivity contribution in [3.8, 4) is 5.75 Å². The largest absolute Gasteiger partial charge is 0.493 e. The first-order valence-electron chi connectivity index (χ1n) is 10.2. The quantitative estimate of drug-likeness (QED) is 0.226. The number of hydrogen-bond acceptors (Lipinski definition) is 7. The molecule has 0 aromatic heterocycles. The van der Waals surface area contributed by atoms with Crippen LogP contribution in [0.3, 0.4) is 0 Å². The van der Waals surface area contributed by atoms with E-state index in [4.69, 9.17) is 20.0 Å². The van der Waals surface area contributed by atoms with E-state index in [2.05, 4.69) is 10.5 Å². The number of benzene rings is 1. The van der Waals surface area contributed by atoms with E-state index in [9.17, 15) is 13.2 Å². The summed E-state index contributed by atoms with van der Waals surface area (Å²) < 4.78 is 33.7. The molecule has 1 rings (SSSR count). The standard InChI is InChI=1S/C21H35N3O6S/c1-15(2)14-18(23-20(25)30-21(3,4)5)19(22)24-29-13-7-12-28-16-8-10-17(11-9-16)31(6,26)27/h8-11,15,18H,7,12-14H2,1-6H3,(H2,22,24)(H,23,25). The van der Waals surface area contributed by atoms with Crippen LogP contribution in [0.15, 0.2) is 34.3 Å². The predicted molar refractivity (Wildman–Crippen MR) is 120 cm³/mol. The van der Waals surface area contributed by atoms with Crippen molar-refractivity contribution in [2.75, 3.05) is 19.5 Å². The number of hydrogen-bond donors (Lipinski definition) is 2. The molecule has 0 saturated carbocycles. The number of sulfone groups is 1. The Labute approximate surface area is 185 Å². The molecule has 1 atom stereocenters. The van der Waals surface area contributed by atoms with E-state index < -0.39 is 27.6 Å². The second kappa shape index (κ2) is 11.8. The first kappa shape index (κ1) is 26.5. The molecule has 1 aromatic rings. The summed E-state index contributed by atoms with van der Waals surface area (Å²) in [6, 6.07) is 5.70. The Bertz CT molecular complexity index is 830. The lowest BCUT2D eigenvalue weighted by Crippen LogP contribution is -2.47. The fourth-order valence-corrected chi connectivity index (χ4v) is 3.09. The number of rotatable bonds is 11. The fourth-order valence-electron chi connectivity index (χ4n) is 2.46. The van der Waals surface area contributed by atoms with Crippen LogP contribution in [0.2, 0.25) is 0 Å². The van der Waals surface area contributed by atoms with Gasteiger partial charge in [0, 0.05) is 12.7 Å². The summed E-state index contributed by atoms with van der Waals surface area (Å²) in [6.45, 7) is 10.0. The smallest absolute Gasteiger partial charge is 0.408 e. The Morgan fingerprint density at radius 2 is 1.77 bits per heavy atom. The monoisotopic (exact) mass is 457 g/mol. The zero-order chi connectivity index (χ0) is 23.7. The Morgan fingerprint density at radius 3 is 2.29 bits per heavy atom. The first-order valence-corrected chi connectivity index (χ1v) is 12.0. The Kier molecular flexibility index (Phi) is 10.1. The lowest BCUT2D eigenvalue weighted by molar-refractivity contribution is 0.0512. The Balaban J connectivity index is 2.46. The molecule has 0 spiro atoms. The molecule has 0 aliphatic rings. The molecule has 3 N–H and O–H groups in total. The summed E-state index contributed by atoms with van der Waals surface area (Å²) in [4.78, 5) is 17.5. The minimum absolute atomic E-state index is 0.164. The van der Waals surface area contributed by atoms with Crippen LogP contribution in [0.25, 0.3) is 0 Å². The van der Waals surface area contributed by atoms with Gasteiger partial charge in [0.15, 0.2) is 15.7 Å². The molecular formula is C21H35N3O6S. The molecule has 1 unspecified atom stereocenters. The van der Waals surface area contributed by atoms with E-state index in [1.165, 1.54) is 12.1 Å². The molecule has 1 amide bonds. The highest BCUT2D eigenvalue weighted by molar-refractivity contribution is 7.90. The lowest BCUT2D eigenvalue weighted by atomic mass is 10.0. The maximum absolute atomic E-state index is 12.0. The molecular weight excluding hydrogens is 422 g/mol. The van der Waals surface area contributed by atoms with Gasteiger partial charge < -0.3 is 25.4 Å². The van der Waals surface area contributed by atoms with Crippen LogP contribution in [0.5, 0.6) is 5.75 Å². The number of alkyl carbamates (subject to hydrolysis) is 1. The van der Waals surface area contributed by atoms with Gasteiger partial charge in [0.05, 0.1) is 17.5 Å². The van der Waals surface area contributed by atoms with Crippen LogP contribution >= 0.6 is 0 Å². The van der Waals surface area contributed by atoms with Gasteiger partial charge in [-0.3, -0.25) is 0 Å². The van der Waals surface area contributed by atoms with E-state index >= 15 is 0 Å². The summed E-state index contributed by atoms with van der Waals surface area (Å²) in [6.07, 6.45) is 1.72. The van der Waals surface area contributed by atoms with E-state index in [1.54, 1.807) is 32.9 Å². The minimum atomic E-state index is -3.23. The van der Waals surface area contributed by atoms with E-state index in [0.717, 1.165) is 6.26 Å². The van der Waals surface area contributed by atoms with Gasteiger partial charge in [0.2, 0.25) is 0 Å². The molecule has 10 heteroatoms. The van der Waals surface area contributed by atoms with Crippen molar-refractivity contribution in [1.82, 2.24) is 5.32 Å². The number of ether oxygens (including phenoxy) is 2. The van der Waals surface area contributed by atoms with Crippen LogP contribution in [0.1, 0.15) is 47.5 Å². The number of nitrogens with one attached hydrogen (secondary N) is 1. The minimum Gasteiger partial charge on any atom is -0.493 e. The lowest BCUT2D eigenvalue weighted by Gasteiger charge is -2.24. The molecule has 0 saturated heterocycles. The Hall–Kier alpha value is -2.49. The fraction of sp³-hybridized carbons (Fsp3) is 0.619. The zero-order valence-corrected chi connectivity index (χ0v) is 20.0. The topological polar surface area (TPSA) is 129 Å². The third kappa shape index (κ3) is 11.5.